The topological polar surface area (TPSA) is 55.4 Å². The maximum atomic E-state index is 12.1. The molecule has 20 heavy (non-hydrogen) atoms. The first-order valence-corrected chi connectivity index (χ1v) is 7.28. The molecule has 2 amide bonds. The van der Waals surface area contributed by atoms with Crippen molar-refractivity contribution in [3.05, 3.63) is 29.3 Å². The lowest BCUT2D eigenvalue weighted by atomic mass is 9.77. The number of nitrogens with one attached hydrogen (secondary N) is 1. The number of hydrogen-bond acceptors (Lipinski definition) is 3. The van der Waals surface area contributed by atoms with Gasteiger partial charge in [0, 0.05) is 24.7 Å². The van der Waals surface area contributed by atoms with Crippen LogP contribution in [0.15, 0.2) is 18.2 Å². The molecule has 0 saturated carbocycles. The quantitative estimate of drug-likeness (QED) is 0.859. The van der Waals surface area contributed by atoms with E-state index in [9.17, 15) is 9.59 Å². The highest BCUT2D eigenvalue weighted by Crippen LogP contribution is 2.37. The Labute approximate surface area is 118 Å². The molecule has 4 heteroatoms. The maximum absolute atomic E-state index is 12.1. The van der Waals surface area contributed by atoms with Gasteiger partial charge in [-0.05, 0) is 23.6 Å². The van der Waals surface area contributed by atoms with E-state index in [4.69, 9.17) is 4.74 Å². The third kappa shape index (κ3) is 2.30. The van der Waals surface area contributed by atoms with E-state index in [2.05, 4.69) is 18.3 Å². The van der Waals surface area contributed by atoms with Crippen LogP contribution in [0.2, 0.25) is 0 Å². The second-order valence-electron chi connectivity index (χ2n) is 5.58. The fourth-order valence-corrected chi connectivity index (χ4v) is 3.24. The molecule has 2 aliphatic rings. The van der Waals surface area contributed by atoms with Crippen molar-refractivity contribution >= 4 is 11.8 Å². The summed E-state index contributed by atoms with van der Waals surface area (Å²) in [4.78, 5) is 23.7. The maximum Gasteiger partial charge on any atom is 0.230 e. The molecule has 1 saturated heterocycles. The summed E-state index contributed by atoms with van der Waals surface area (Å²) in [6.45, 7) is 2.79. The average molecular weight is 273 g/mol. The van der Waals surface area contributed by atoms with Crippen LogP contribution in [0.25, 0.3) is 0 Å². The fourth-order valence-electron chi connectivity index (χ4n) is 3.24. The fraction of sp³-hybridized carbons (Fsp3) is 0.500. The van der Waals surface area contributed by atoms with Crippen LogP contribution in [-0.4, -0.2) is 18.4 Å². The summed E-state index contributed by atoms with van der Waals surface area (Å²) >= 11 is 0. The molecule has 0 aromatic heterocycles. The zero-order valence-electron chi connectivity index (χ0n) is 11.6. The third-order valence-electron chi connectivity index (χ3n) is 4.23. The number of hydrogen-bond donors (Lipinski definition) is 1. The van der Waals surface area contributed by atoms with Crippen LogP contribution in [0, 0.1) is 5.92 Å². The molecule has 1 fully saturated rings. The van der Waals surface area contributed by atoms with Crippen LogP contribution in [0.3, 0.4) is 0 Å². The van der Waals surface area contributed by atoms with Gasteiger partial charge in [0.15, 0.2) is 0 Å². The van der Waals surface area contributed by atoms with E-state index in [-0.39, 0.29) is 23.7 Å². The van der Waals surface area contributed by atoms with E-state index in [1.807, 2.05) is 12.1 Å². The Morgan fingerprint density at radius 1 is 1.35 bits per heavy atom. The summed E-state index contributed by atoms with van der Waals surface area (Å²) in [6.07, 6.45) is 3.07. The lowest BCUT2D eigenvalue weighted by molar-refractivity contribution is -0.137. The Hall–Kier alpha value is -1.84. The number of rotatable bonds is 3. The van der Waals surface area contributed by atoms with Gasteiger partial charge in [0.2, 0.25) is 11.8 Å². The minimum Gasteiger partial charge on any atom is -0.493 e. The molecule has 0 radical (unpaired) electrons. The highest BCUT2D eigenvalue weighted by molar-refractivity contribution is 5.99. The van der Waals surface area contributed by atoms with Crippen molar-refractivity contribution in [2.45, 2.75) is 38.5 Å². The SMILES string of the molecule is CCCC1C(=O)NC(=O)CC1c1ccc2c(c1)CCO2. The van der Waals surface area contributed by atoms with Gasteiger partial charge in [-0.15, -0.1) is 0 Å². The molecule has 3 rings (SSSR count). The molecule has 0 bridgehead atoms. The number of benzene rings is 1. The summed E-state index contributed by atoms with van der Waals surface area (Å²) in [5.74, 6) is 0.557. The van der Waals surface area contributed by atoms with Gasteiger partial charge in [0.05, 0.1) is 6.61 Å². The molecule has 2 atom stereocenters. The molecule has 0 aliphatic carbocycles. The Morgan fingerprint density at radius 3 is 3.00 bits per heavy atom. The minimum absolute atomic E-state index is 0.00194. The van der Waals surface area contributed by atoms with Gasteiger partial charge in [-0.3, -0.25) is 14.9 Å². The lowest BCUT2D eigenvalue weighted by Gasteiger charge is -2.30. The molecular formula is C16H19NO3. The Bertz CT molecular complexity index is 553. The zero-order chi connectivity index (χ0) is 14.1. The summed E-state index contributed by atoms with van der Waals surface area (Å²) in [7, 11) is 0. The van der Waals surface area contributed by atoms with E-state index in [1.54, 1.807) is 0 Å². The monoisotopic (exact) mass is 273 g/mol. The van der Waals surface area contributed by atoms with E-state index in [1.165, 1.54) is 5.56 Å². The number of carbonyl (C=O) groups is 2. The van der Waals surface area contributed by atoms with E-state index < -0.39 is 0 Å². The van der Waals surface area contributed by atoms with Crippen LogP contribution in [0.1, 0.15) is 43.2 Å². The second kappa shape index (κ2) is 5.27. The standard InChI is InChI=1S/C16H19NO3/c1-2-3-12-13(9-15(18)17-16(12)19)10-4-5-14-11(8-10)6-7-20-14/h4-5,8,12-13H,2-3,6-7,9H2,1H3,(H,17,18,19). The predicted molar refractivity (Wildman–Crippen MR) is 74.5 cm³/mol. The van der Waals surface area contributed by atoms with Crippen LogP contribution in [0.4, 0.5) is 0 Å². The van der Waals surface area contributed by atoms with Crippen molar-refractivity contribution < 1.29 is 14.3 Å². The van der Waals surface area contributed by atoms with Gasteiger partial charge in [-0.25, -0.2) is 0 Å². The molecule has 1 aromatic carbocycles. The third-order valence-corrected chi connectivity index (χ3v) is 4.23. The molecule has 106 valence electrons. The van der Waals surface area contributed by atoms with Crippen molar-refractivity contribution in [1.82, 2.24) is 5.32 Å². The minimum atomic E-state index is -0.163. The van der Waals surface area contributed by atoms with Gasteiger partial charge >= 0.3 is 0 Å². The summed E-state index contributed by atoms with van der Waals surface area (Å²) in [6, 6.07) is 6.09. The van der Waals surface area contributed by atoms with Crippen LogP contribution < -0.4 is 10.1 Å². The molecule has 4 nitrogen and oxygen atoms in total. The van der Waals surface area contributed by atoms with Crippen LogP contribution in [-0.2, 0) is 16.0 Å². The number of imide groups is 1. The molecular weight excluding hydrogens is 254 g/mol. The van der Waals surface area contributed by atoms with Gasteiger partial charge in [0.25, 0.3) is 0 Å². The number of ether oxygens (including phenoxy) is 1. The van der Waals surface area contributed by atoms with Crippen molar-refractivity contribution in [2.24, 2.45) is 5.92 Å². The second-order valence-corrected chi connectivity index (χ2v) is 5.58. The summed E-state index contributed by atoms with van der Waals surface area (Å²) < 4.78 is 5.51. The number of amides is 2. The first kappa shape index (κ1) is 13.2. The zero-order valence-corrected chi connectivity index (χ0v) is 11.6. The number of fused-ring (bicyclic) bond motifs is 1. The lowest BCUT2D eigenvalue weighted by Crippen LogP contribution is -2.44. The van der Waals surface area contributed by atoms with Crippen LogP contribution in [0.5, 0.6) is 5.75 Å². The van der Waals surface area contributed by atoms with E-state index in [0.717, 1.165) is 37.2 Å². The van der Waals surface area contributed by atoms with Crippen molar-refractivity contribution in [3.63, 3.8) is 0 Å². The molecule has 1 N–H and O–H groups in total. The van der Waals surface area contributed by atoms with Gasteiger partial charge in [-0.2, -0.15) is 0 Å². The molecule has 1 aromatic rings. The summed E-state index contributed by atoms with van der Waals surface area (Å²) in [5.41, 5.74) is 2.28. The first-order valence-electron chi connectivity index (χ1n) is 7.28. The van der Waals surface area contributed by atoms with Crippen LogP contribution >= 0.6 is 0 Å². The normalized spacial score (nSPS) is 25.1. The Balaban J connectivity index is 1.92. The number of piperidine rings is 1. The van der Waals surface area contributed by atoms with Gasteiger partial charge in [0.1, 0.15) is 5.75 Å². The van der Waals surface area contributed by atoms with Gasteiger partial charge < -0.3 is 4.74 Å². The van der Waals surface area contributed by atoms with Gasteiger partial charge in [-0.1, -0.05) is 25.5 Å². The summed E-state index contributed by atoms with van der Waals surface area (Å²) in [5, 5.41) is 2.46. The van der Waals surface area contributed by atoms with E-state index in [0.29, 0.717) is 6.42 Å². The van der Waals surface area contributed by atoms with Crippen molar-refractivity contribution in [2.75, 3.05) is 6.61 Å². The molecule has 2 unspecified atom stereocenters. The highest BCUT2D eigenvalue weighted by atomic mass is 16.5. The molecule has 2 aliphatic heterocycles. The average Bonchev–Trinajstić information content (AvgIpc) is 2.88. The van der Waals surface area contributed by atoms with Crippen molar-refractivity contribution in [1.29, 1.82) is 0 Å². The number of carbonyl (C=O) groups excluding carboxylic acids is 2. The highest BCUT2D eigenvalue weighted by Gasteiger charge is 2.36. The molecule has 0 spiro atoms. The predicted octanol–water partition coefficient (Wildman–Crippen LogP) is 2.17. The van der Waals surface area contributed by atoms with Crippen molar-refractivity contribution in [3.8, 4) is 5.75 Å². The Morgan fingerprint density at radius 2 is 2.20 bits per heavy atom. The van der Waals surface area contributed by atoms with E-state index >= 15 is 0 Å². The Kier molecular flexibility index (Phi) is 3.47. The molecule has 2 heterocycles. The first-order chi connectivity index (χ1) is 9.69. The largest absolute Gasteiger partial charge is 0.493 e. The smallest absolute Gasteiger partial charge is 0.230 e.